The molecule has 28 heavy (non-hydrogen) atoms. The molecule has 2 aliphatic heterocycles. The number of fused-ring (bicyclic) bond motifs is 2. The van der Waals surface area contributed by atoms with E-state index in [0.717, 1.165) is 75.4 Å². The SMILES string of the molecule is Cc1cccc(CN2CCC3(CC2)c2nc[nH]c2CCN3C(=O)C2CCC2)n1. The van der Waals surface area contributed by atoms with Crippen molar-refractivity contribution in [2.45, 2.75) is 57.5 Å². The minimum absolute atomic E-state index is 0.225. The third kappa shape index (κ3) is 2.94. The molecule has 148 valence electrons. The molecule has 0 atom stereocenters. The molecule has 6 heteroatoms. The summed E-state index contributed by atoms with van der Waals surface area (Å²) < 4.78 is 0. The lowest BCUT2D eigenvalue weighted by Gasteiger charge is -2.52. The highest BCUT2D eigenvalue weighted by Gasteiger charge is 2.50. The lowest BCUT2D eigenvalue weighted by molar-refractivity contribution is -0.149. The number of hydrogen-bond acceptors (Lipinski definition) is 4. The zero-order valence-electron chi connectivity index (χ0n) is 16.7. The Morgan fingerprint density at radius 3 is 2.79 bits per heavy atom. The highest BCUT2D eigenvalue weighted by molar-refractivity contribution is 5.81. The number of carbonyl (C=O) groups excluding carboxylic acids is 1. The van der Waals surface area contributed by atoms with Crippen LogP contribution in [-0.4, -0.2) is 50.3 Å². The number of nitrogens with one attached hydrogen (secondary N) is 1. The van der Waals surface area contributed by atoms with Crippen LogP contribution in [0.25, 0.3) is 0 Å². The van der Waals surface area contributed by atoms with E-state index in [-0.39, 0.29) is 11.5 Å². The molecular formula is C22H29N5O. The molecule has 0 unspecified atom stereocenters. The molecule has 1 aliphatic carbocycles. The zero-order valence-corrected chi connectivity index (χ0v) is 16.7. The molecule has 1 saturated carbocycles. The van der Waals surface area contributed by atoms with E-state index < -0.39 is 0 Å². The number of amides is 1. The van der Waals surface area contributed by atoms with Gasteiger partial charge in [0.05, 0.1) is 23.3 Å². The number of imidazole rings is 1. The van der Waals surface area contributed by atoms with Crippen molar-refractivity contribution in [3.05, 3.63) is 47.3 Å². The number of aryl methyl sites for hydroxylation is 1. The summed E-state index contributed by atoms with van der Waals surface area (Å²) in [6, 6.07) is 6.23. The fourth-order valence-electron chi connectivity index (χ4n) is 5.18. The Bertz CT molecular complexity index is 863. The minimum Gasteiger partial charge on any atom is -0.348 e. The summed E-state index contributed by atoms with van der Waals surface area (Å²) in [5.41, 5.74) is 4.32. The lowest BCUT2D eigenvalue weighted by atomic mass is 9.76. The molecule has 1 saturated heterocycles. The van der Waals surface area contributed by atoms with Crippen molar-refractivity contribution in [2.75, 3.05) is 19.6 Å². The first-order chi connectivity index (χ1) is 13.7. The summed E-state index contributed by atoms with van der Waals surface area (Å²) in [6.07, 6.45) is 7.93. The van der Waals surface area contributed by atoms with Gasteiger partial charge in [-0.15, -0.1) is 0 Å². The Kier molecular flexibility index (Phi) is 4.46. The number of pyridine rings is 1. The predicted octanol–water partition coefficient (Wildman–Crippen LogP) is 2.79. The van der Waals surface area contributed by atoms with Crippen molar-refractivity contribution in [2.24, 2.45) is 5.92 Å². The maximum Gasteiger partial charge on any atom is 0.226 e. The predicted molar refractivity (Wildman–Crippen MR) is 107 cm³/mol. The molecule has 1 amide bonds. The molecule has 0 aromatic carbocycles. The summed E-state index contributed by atoms with van der Waals surface area (Å²) in [7, 11) is 0. The van der Waals surface area contributed by atoms with Gasteiger partial charge in [0.1, 0.15) is 0 Å². The van der Waals surface area contributed by atoms with Gasteiger partial charge in [0.25, 0.3) is 0 Å². The average Bonchev–Trinajstić information content (AvgIpc) is 3.12. The van der Waals surface area contributed by atoms with Gasteiger partial charge in [-0.2, -0.15) is 0 Å². The van der Waals surface area contributed by atoms with Crippen molar-refractivity contribution in [3.63, 3.8) is 0 Å². The maximum atomic E-state index is 13.3. The maximum absolute atomic E-state index is 13.3. The number of rotatable bonds is 3. The number of H-pyrrole nitrogens is 1. The van der Waals surface area contributed by atoms with E-state index >= 15 is 0 Å². The molecule has 1 N–H and O–H groups in total. The largest absolute Gasteiger partial charge is 0.348 e. The molecule has 0 radical (unpaired) electrons. The number of hydrogen-bond donors (Lipinski definition) is 1. The number of aromatic nitrogens is 3. The topological polar surface area (TPSA) is 65.1 Å². The first kappa shape index (κ1) is 17.9. The summed E-state index contributed by atoms with van der Waals surface area (Å²) >= 11 is 0. The Balaban J connectivity index is 1.37. The van der Waals surface area contributed by atoms with Gasteiger partial charge >= 0.3 is 0 Å². The first-order valence-corrected chi connectivity index (χ1v) is 10.6. The molecule has 1 spiro atoms. The van der Waals surface area contributed by atoms with Gasteiger partial charge in [0, 0.05) is 49.9 Å². The Hall–Kier alpha value is -2.21. The van der Waals surface area contributed by atoms with Gasteiger partial charge in [-0.1, -0.05) is 12.5 Å². The Morgan fingerprint density at radius 1 is 1.25 bits per heavy atom. The van der Waals surface area contributed by atoms with Crippen molar-refractivity contribution < 1.29 is 4.79 Å². The first-order valence-electron chi connectivity index (χ1n) is 10.6. The van der Waals surface area contributed by atoms with Crippen LogP contribution in [0.4, 0.5) is 0 Å². The van der Waals surface area contributed by atoms with E-state index in [2.05, 4.69) is 31.9 Å². The number of piperidine rings is 1. The van der Waals surface area contributed by atoms with Crippen LogP contribution in [0, 0.1) is 12.8 Å². The molecular weight excluding hydrogens is 350 g/mol. The van der Waals surface area contributed by atoms with Crippen LogP contribution in [0.15, 0.2) is 24.5 Å². The van der Waals surface area contributed by atoms with E-state index in [9.17, 15) is 4.79 Å². The van der Waals surface area contributed by atoms with E-state index in [1.54, 1.807) is 0 Å². The number of nitrogens with zero attached hydrogens (tertiary/aromatic N) is 4. The average molecular weight is 380 g/mol. The van der Waals surface area contributed by atoms with E-state index in [1.165, 1.54) is 12.1 Å². The summed E-state index contributed by atoms with van der Waals surface area (Å²) in [4.78, 5) is 30.6. The van der Waals surface area contributed by atoms with Crippen molar-refractivity contribution in [1.29, 1.82) is 0 Å². The lowest BCUT2D eigenvalue weighted by Crippen LogP contribution is -2.59. The molecule has 2 aromatic rings. The van der Waals surface area contributed by atoms with Crippen LogP contribution < -0.4 is 0 Å². The third-order valence-electron chi connectivity index (χ3n) is 7.00. The number of aromatic amines is 1. The van der Waals surface area contributed by atoms with Crippen molar-refractivity contribution in [3.8, 4) is 0 Å². The van der Waals surface area contributed by atoms with Gasteiger partial charge in [0.15, 0.2) is 0 Å². The summed E-state index contributed by atoms with van der Waals surface area (Å²) in [6.45, 7) is 5.68. The van der Waals surface area contributed by atoms with Gasteiger partial charge in [-0.05, 0) is 44.7 Å². The molecule has 6 nitrogen and oxygen atoms in total. The second-order valence-electron chi connectivity index (χ2n) is 8.68. The van der Waals surface area contributed by atoms with Crippen LogP contribution >= 0.6 is 0 Å². The third-order valence-corrected chi connectivity index (χ3v) is 7.00. The molecule has 2 aromatic heterocycles. The van der Waals surface area contributed by atoms with Gasteiger partial charge in [0.2, 0.25) is 5.91 Å². The Labute approximate surface area is 166 Å². The summed E-state index contributed by atoms with van der Waals surface area (Å²) in [5, 5.41) is 0. The van der Waals surface area contributed by atoms with E-state index in [1.807, 2.05) is 19.3 Å². The standard InChI is InChI=1S/C22H29N5O/c1-16-4-2-7-18(25-16)14-26-12-9-22(10-13-26)20-19(23-15-24-20)8-11-27(22)21(28)17-5-3-6-17/h2,4,7,15,17H,3,5-6,8-14H2,1H3,(H,23,24). The second-order valence-corrected chi connectivity index (χ2v) is 8.68. The Morgan fingerprint density at radius 2 is 2.07 bits per heavy atom. The highest BCUT2D eigenvalue weighted by atomic mass is 16.2. The van der Waals surface area contributed by atoms with Crippen molar-refractivity contribution in [1.82, 2.24) is 24.8 Å². The quantitative estimate of drug-likeness (QED) is 0.891. The summed E-state index contributed by atoms with van der Waals surface area (Å²) in [5.74, 6) is 0.612. The smallest absolute Gasteiger partial charge is 0.226 e. The normalized spacial score (nSPS) is 22.1. The number of likely N-dealkylation sites (tertiary alicyclic amines) is 1. The van der Waals surface area contributed by atoms with Crippen LogP contribution in [0.1, 0.15) is 54.9 Å². The van der Waals surface area contributed by atoms with Gasteiger partial charge in [-0.25, -0.2) is 4.98 Å². The fourth-order valence-corrected chi connectivity index (χ4v) is 5.18. The van der Waals surface area contributed by atoms with Crippen LogP contribution in [0.3, 0.4) is 0 Å². The highest BCUT2D eigenvalue weighted by Crippen LogP contribution is 2.44. The van der Waals surface area contributed by atoms with Gasteiger partial charge in [-0.3, -0.25) is 14.7 Å². The fraction of sp³-hybridized carbons (Fsp3) is 0.591. The second kappa shape index (κ2) is 6.99. The van der Waals surface area contributed by atoms with Crippen LogP contribution in [0.2, 0.25) is 0 Å². The van der Waals surface area contributed by atoms with E-state index in [0.29, 0.717) is 5.91 Å². The molecule has 0 bridgehead atoms. The number of carbonyl (C=O) groups is 1. The van der Waals surface area contributed by atoms with Crippen LogP contribution in [0.5, 0.6) is 0 Å². The zero-order chi connectivity index (χ0) is 19.1. The van der Waals surface area contributed by atoms with Crippen LogP contribution in [-0.2, 0) is 23.3 Å². The minimum atomic E-state index is -0.225. The molecule has 5 rings (SSSR count). The molecule has 2 fully saturated rings. The monoisotopic (exact) mass is 379 g/mol. The van der Waals surface area contributed by atoms with E-state index in [4.69, 9.17) is 4.98 Å². The molecule has 3 aliphatic rings. The van der Waals surface area contributed by atoms with Crippen molar-refractivity contribution >= 4 is 5.91 Å². The molecule has 4 heterocycles. The van der Waals surface area contributed by atoms with Gasteiger partial charge < -0.3 is 9.88 Å².